The van der Waals surface area contributed by atoms with E-state index in [1.54, 1.807) is 0 Å². The second-order valence-electron chi connectivity index (χ2n) is 5.50. The average molecular weight is 334 g/mol. The van der Waals surface area contributed by atoms with Crippen LogP contribution in [0.4, 0.5) is 0 Å². The van der Waals surface area contributed by atoms with Crippen molar-refractivity contribution in [2.75, 3.05) is 13.1 Å². The molecule has 1 aliphatic rings. The molecule has 0 bridgehead atoms. The quantitative estimate of drug-likeness (QED) is 0.420. The summed E-state index contributed by atoms with van der Waals surface area (Å²) in [6.07, 6.45) is 6.82. The SMILES string of the molecule is C=COC(C)CCNC1=CC(=O)C(NCCC(C)OC=C)=CC1=O. The molecule has 2 atom stereocenters. The van der Waals surface area contributed by atoms with Crippen molar-refractivity contribution >= 4 is 11.6 Å². The van der Waals surface area contributed by atoms with Crippen LogP contribution in [0, 0.1) is 0 Å². The third-order valence-corrected chi connectivity index (χ3v) is 3.47. The van der Waals surface area contributed by atoms with Gasteiger partial charge in [0.1, 0.15) is 0 Å². The maximum absolute atomic E-state index is 12.1. The van der Waals surface area contributed by atoms with Gasteiger partial charge in [0.15, 0.2) is 0 Å². The summed E-state index contributed by atoms with van der Waals surface area (Å²) in [6.45, 7) is 11.9. The number of hydrogen-bond acceptors (Lipinski definition) is 6. The summed E-state index contributed by atoms with van der Waals surface area (Å²) in [5.41, 5.74) is 0.611. The van der Waals surface area contributed by atoms with Crippen LogP contribution < -0.4 is 10.6 Å². The number of nitrogens with one attached hydrogen (secondary N) is 2. The zero-order valence-electron chi connectivity index (χ0n) is 14.3. The molecule has 1 aliphatic carbocycles. The van der Waals surface area contributed by atoms with Crippen LogP contribution in [-0.4, -0.2) is 36.9 Å². The Morgan fingerprint density at radius 2 is 1.29 bits per heavy atom. The molecule has 0 aliphatic heterocycles. The van der Waals surface area contributed by atoms with Crippen molar-refractivity contribution in [3.8, 4) is 0 Å². The fourth-order valence-corrected chi connectivity index (χ4v) is 2.12. The zero-order chi connectivity index (χ0) is 17.9. The minimum atomic E-state index is -0.218. The lowest BCUT2D eigenvalue weighted by atomic mass is 10.1. The van der Waals surface area contributed by atoms with E-state index in [9.17, 15) is 9.59 Å². The third kappa shape index (κ3) is 6.73. The summed E-state index contributed by atoms with van der Waals surface area (Å²) in [4.78, 5) is 24.1. The Morgan fingerprint density at radius 1 is 0.917 bits per heavy atom. The van der Waals surface area contributed by atoms with E-state index in [-0.39, 0.29) is 23.8 Å². The van der Waals surface area contributed by atoms with Gasteiger partial charge in [-0.25, -0.2) is 0 Å². The molecule has 0 fully saturated rings. The summed E-state index contributed by atoms with van der Waals surface area (Å²) >= 11 is 0. The van der Waals surface area contributed by atoms with Crippen LogP contribution in [-0.2, 0) is 19.1 Å². The summed E-state index contributed by atoms with van der Waals surface area (Å²) in [6, 6.07) is 0. The highest BCUT2D eigenvalue weighted by Gasteiger charge is 2.20. The van der Waals surface area contributed by atoms with E-state index in [4.69, 9.17) is 9.47 Å². The van der Waals surface area contributed by atoms with Crippen molar-refractivity contribution in [2.45, 2.75) is 38.9 Å². The van der Waals surface area contributed by atoms with Gasteiger partial charge in [-0.15, -0.1) is 0 Å². The van der Waals surface area contributed by atoms with Gasteiger partial charge in [-0.05, 0) is 13.8 Å². The molecule has 0 aromatic rings. The van der Waals surface area contributed by atoms with Gasteiger partial charge in [-0.2, -0.15) is 0 Å². The zero-order valence-corrected chi connectivity index (χ0v) is 14.3. The Labute approximate surface area is 143 Å². The van der Waals surface area contributed by atoms with Gasteiger partial charge in [0.25, 0.3) is 0 Å². The first-order chi connectivity index (χ1) is 11.5. The molecule has 2 N–H and O–H groups in total. The van der Waals surface area contributed by atoms with Crippen molar-refractivity contribution in [3.63, 3.8) is 0 Å². The molecule has 0 amide bonds. The first kappa shape index (κ1) is 19.5. The van der Waals surface area contributed by atoms with Gasteiger partial charge >= 0.3 is 0 Å². The van der Waals surface area contributed by atoms with Gasteiger partial charge in [-0.3, -0.25) is 9.59 Å². The molecule has 2 unspecified atom stereocenters. The van der Waals surface area contributed by atoms with Crippen LogP contribution in [0.25, 0.3) is 0 Å². The Bertz CT molecular complexity index is 489. The summed E-state index contributed by atoms with van der Waals surface area (Å²) in [7, 11) is 0. The van der Waals surface area contributed by atoms with Gasteiger partial charge in [0, 0.05) is 38.1 Å². The first-order valence-corrected chi connectivity index (χ1v) is 8.00. The van der Waals surface area contributed by atoms with E-state index in [2.05, 4.69) is 23.8 Å². The van der Waals surface area contributed by atoms with Crippen molar-refractivity contribution < 1.29 is 19.1 Å². The summed E-state index contributed by atoms with van der Waals surface area (Å²) in [5.74, 6) is -0.436. The number of carbonyl (C=O) groups excluding carboxylic acids is 2. The van der Waals surface area contributed by atoms with Crippen molar-refractivity contribution in [2.24, 2.45) is 0 Å². The fraction of sp³-hybridized carbons (Fsp3) is 0.444. The Hall–Kier alpha value is -2.50. The summed E-state index contributed by atoms with van der Waals surface area (Å²) < 4.78 is 10.4. The molecule has 0 heterocycles. The Kier molecular flexibility index (Phi) is 8.39. The molecule has 6 nitrogen and oxygen atoms in total. The first-order valence-electron chi connectivity index (χ1n) is 8.00. The number of hydrogen-bond donors (Lipinski definition) is 2. The summed E-state index contributed by atoms with van der Waals surface area (Å²) in [5, 5.41) is 5.95. The Morgan fingerprint density at radius 3 is 1.62 bits per heavy atom. The van der Waals surface area contributed by atoms with E-state index in [1.165, 1.54) is 24.7 Å². The molecule has 24 heavy (non-hydrogen) atoms. The molecule has 0 aromatic heterocycles. The van der Waals surface area contributed by atoms with E-state index in [0.29, 0.717) is 37.3 Å². The number of ether oxygens (including phenoxy) is 2. The van der Waals surface area contributed by atoms with Crippen LogP contribution in [0.3, 0.4) is 0 Å². The molecular formula is C18H26N2O4. The van der Waals surface area contributed by atoms with Crippen LogP contribution in [0.5, 0.6) is 0 Å². The van der Waals surface area contributed by atoms with Gasteiger partial charge in [0.05, 0.1) is 36.1 Å². The normalized spacial score (nSPS) is 16.4. The van der Waals surface area contributed by atoms with Crippen molar-refractivity contribution in [1.29, 1.82) is 0 Å². The predicted octanol–water partition coefficient (Wildman–Crippen LogP) is 1.96. The maximum Gasteiger partial charge on any atom is 0.203 e. The molecule has 0 aromatic carbocycles. The highest BCUT2D eigenvalue weighted by atomic mass is 16.5. The van der Waals surface area contributed by atoms with E-state index >= 15 is 0 Å². The number of carbonyl (C=O) groups is 2. The lowest BCUT2D eigenvalue weighted by Crippen LogP contribution is -2.31. The fourth-order valence-electron chi connectivity index (χ4n) is 2.12. The molecule has 6 heteroatoms. The molecule has 0 saturated carbocycles. The highest BCUT2D eigenvalue weighted by molar-refractivity contribution is 6.19. The minimum Gasteiger partial charge on any atom is -0.499 e. The second kappa shape index (κ2) is 10.3. The van der Waals surface area contributed by atoms with Crippen molar-refractivity contribution in [3.05, 3.63) is 49.2 Å². The largest absolute Gasteiger partial charge is 0.499 e. The van der Waals surface area contributed by atoms with Gasteiger partial charge in [-0.1, -0.05) is 13.2 Å². The van der Waals surface area contributed by atoms with Gasteiger partial charge < -0.3 is 20.1 Å². The number of allylic oxidation sites excluding steroid dienone is 2. The highest BCUT2D eigenvalue weighted by Crippen LogP contribution is 2.09. The van der Waals surface area contributed by atoms with Gasteiger partial charge in [0.2, 0.25) is 11.6 Å². The Balaban J connectivity index is 2.42. The second-order valence-corrected chi connectivity index (χ2v) is 5.50. The van der Waals surface area contributed by atoms with E-state index in [1.807, 2.05) is 13.8 Å². The molecule has 0 saturated heterocycles. The average Bonchev–Trinajstić information content (AvgIpc) is 2.52. The lowest BCUT2D eigenvalue weighted by molar-refractivity contribution is -0.115. The molecule has 0 spiro atoms. The van der Waals surface area contributed by atoms with E-state index in [0.717, 1.165) is 0 Å². The lowest BCUT2D eigenvalue weighted by Gasteiger charge is -2.17. The van der Waals surface area contributed by atoms with Crippen LogP contribution in [0.1, 0.15) is 26.7 Å². The van der Waals surface area contributed by atoms with Crippen molar-refractivity contribution in [1.82, 2.24) is 10.6 Å². The number of ketones is 2. The molecule has 1 rings (SSSR count). The van der Waals surface area contributed by atoms with Crippen LogP contribution in [0.2, 0.25) is 0 Å². The minimum absolute atomic E-state index is 0.00228. The molecule has 0 radical (unpaired) electrons. The van der Waals surface area contributed by atoms with E-state index < -0.39 is 0 Å². The smallest absolute Gasteiger partial charge is 0.203 e. The third-order valence-electron chi connectivity index (χ3n) is 3.47. The number of rotatable bonds is 12. The predicted molar refractivity (Wildman–Crippen MR) is 92.9 cm³/mol. The standard InChI is InChI=1S/C18H26N2O4/c1-5-23-13(3)7-9-19-15-11-18(22)16(12-17(15)21)20-10-8-14(4)24-6-2/h5-6,11-14,19-20H,1-2,7-10H2,3-4H3. The molecule has 132 valence electrons. The maximum atomic E-state index is 12.1. The monoisotopic (exact) mass is 334 g/mol. The van der Waals surface area contributed by atoms with Crippen LogP contribution in [0.15, 0.2) is 49.2 Å². The van der Waals surface area contributed by atoms with Crippen LogP contribution >= 0.6 is 0 Å². The topological polar surface area (TPSA) is 76.7 Å². The molecular weight excluding hydrogens is 308 g/mol.